The Morgan fingerprint density at radius 2 is 1.89 bits per heavy atom. The predicted octanol–water partition coefficient (Wildman–Crippen LogP) is 4.95. The Hall–Kier alpha value is -4.28. The van der Waals surface area contributed by atoms with E-state index in [1.54, 1.807) is 25.5 Å². The second kappa shape index (κ2) is 8.74. The van der Waals surface area contributed by atoms with Gasteiger partial charge in [0, 0.05) is 46.5 Å². The van der Waals surface area contributed by atoms with Gasteiger partial charge in [0.05, 0.1) is 34.0 Å². The van der Waals surface area contributed by atoms with Crippen LogP contribution in [0.2, 0.25) is 0 Å². The van der Waals surface area contributed by atoms with Crippen LogP contribution in [0.1, 0.15) is 22.2 Å². The normalized spacial score (nSPS) is 11.7. The molecule has 10 heteroatoms. The van der Waals surface area contributed by atoms with Crippen LogP contribution in [0.3, 0.4) is 0 Å². The molecule has 6 heterocycles. The molecule has 9 nitrogen and oxygen atoms in total. The van der Waals surface area contributed by atoms with Crippen molar-refractivity contribution in [2.45, 2.75) is 13.5 Å². The van der Waals surface area contributed by atoms with Crippen molar-refractivity contribution in [1.82, 2.24) is 40.0 Å². The van der Waals surface area contributed by atoms with Gasteiger partial charge in [-0.1, -0.05) is 0 Å². The van der Waals surface area contributed by atoms with E-state index in [9.17, 15) is 4.79 Å². The Kier molecular flexibility index (Phi) is 5.39. The zero-order valence-corrected chi connectivity index (χ0v) is 20.7. The van der Waals surface area contributed by atoms with Gasteiger partial charge in [0.1, 0.15) is 11.2 Å². The number of nitrogens with zero attached hydrogens (tertiary/aromatic N) is 6. The number of pyridine rings is 3. The van der Waals surface area contributed by atoms with Crippen LogP contribution in [0.5, 0.6) is 0 Å². The van der Waals surface area contributed by atoms with Crippen LogP contribution in [0, 0.1) is 0 Å². The Labute approximate surface area is 210 Å². The number of aromatic nitrogens is 7. The minimum atomic E-state index is 0.0453. The van der Waals surface area contributed by atoms with Crippen molar-refractivity contribution >= 4 is 39.1 Å². The minimum Gasteiger partial charge on any atom is -0.335 e. The first-order valence-corrected chi connectivity index (χ1v) is 12.2. The van der Waals surface area contributed by atoms with Crippen LogP contribution in [0.15, 0.2) is 55.2 Å². The van der Waals surface area contributed by atoms with Crippen molar-refractivity contribution < 1.29 is 4.79 Å². The number of imidazole rings is 1. The fraction of sp³-hybridized carbons (Fsp3) is 0.154. The summed E-state index contributed by atoms with van der Waals surface area (Å²) in [5.41, 5.74) is 6.84. The van der Waals surface area contributed by atoms with Crippen LogP contribution < -0.4 is 0 Å². The van der Waals surface area contributed by atoms with E-state index in [1.165, 1.54) is 11.3 Å². The summed E-state index contributed by atoms with van der Waals surface area (Å²) in [5, 5.41) is 8.51. The highest BCUT2D eigenvalue weighted by Gasteiger charge is 2.18. The summed E-state index contributed by atoms with van der Waals surface area (Å²) in [5.74, 6) is 0.675. The molecular weight excluding hydrogens is 472 g/mol. The third kappa shape index (κ3) is 3.96. The van der Waals surface area contributed by atoms with Crippen molar-refractivity contribution in [1.29, 1.82) is 0 Å². The number of aromatic amines is 2. The number of rotatable bonds is 6. The van der Waals surface area contributed by atoms with Gasteiger partial charge in [0.2, 0.25) is 0 Å². The molecule has 0 aromatic carbocycles. The van der Waals surface area contributed by atoms with Crippen LogP contribution in [-0.2, 0) is 6.54 Å². The lowest BCUT2D eigenvalue weighted by Crippen LogP contribution is -2.10. The summed E-state index contributed by atoms with van der Waals surface area (Å²) in [4.78, 5) is 37.2. The van der Waals surface area contributed by atoms with Crippen molar-refractivity contribution in [3.05, 3.63) is 65.7 Å². The minimum absolute atomic E-state index is 0.0453. The number of Topliss-reactive ketones (excluding diaryl/α,β-unsaturated/α-hetero) is 1. The molecule has 0 spiro atoms. The molecule has 0 saturated heterocycles. The third-order valence-electron chi connectivity index (χ3n) is 5.87. The highest BCUT2D eigenvalue weighted by Crippen LogP contribution is 2.35. The summed E-state index contributed by atoms with van der Waals surface area (Å²) in [6.07, 6.45) is 9.00. The maximum atomic E-state index is 11.8. The molecule has 0 aliphatic rings. The summed E-state index contributed by atoms with van der Waals surface area (Å²) in [6, 6.07) is 7.89. The van der Waals surface area contributed by atoms with Gasteiger partial charge in [0.15, 0.2) is 11.6 Å². The average molecular weight is 495 g/mol. The maximum absolute atomic E-state index is 11.8. The number of ketones is 1. The van der Waals surface area contributed by atoms with E-state index >= 15 is 0 Å². The molecule has 36 heavy (non-hydrogen) atoms. The molecule has 0 unspecified atom stereocenters. The Morgan fingerprint density at radius 3 is 2.69 bits per heavy atom. The Bertz CT molecular complexity index is 1750. The predicted molar refractivity (Wildman–Crippen MR) is 141 cm³/mol. The number of fused-ring (bicyclic) bond motifs is 2. The molecule has 6 aromatic rings. The Morgan fingerprint density at radius 1 is 1.03 bits per heavy atom. The molecule has 6 aromatic heterocycles. The van der Waals surface area contributed by atoms with Gasteiger partial charge in [-0.05, 0) is 50.8 Å². The number of hydrogen-bond donors (Lipinski definition) is 2. The number of nitrogens with one attached hydrogen (secondary N) is 2. The molecule has 0 fully saturated rings. The quantitative estimate of drug-likeness (QED) is 0.315. The lowest BCUT2D eigenvalue weighted by molar-refractivity contribution is 0.102. The first-order valence-electron chi connectivity index (χ1n) is 11.3. The van der Waals surface area contributed by atoms with E-state index in [0.29, 0.717) is 16.4 Å². The zero-order chi connectivity index (χ0) is 24.8. The first-order chi connectivity index (χ1) is 17.5. The second-order valence-electron chi connectivity index (χ2n) is 8.90. The van der Waals surface area contributed by atoms with Crippen molar-refractivity contribution in [2.75, 3.05) is 14.1 Å². The summed E-state index contributed by atoms with van der Waals surface area (Å²) in [6.45, 7) is 2.37. The van der Waals surface area contributed by atoms with Gasteiger partial charge in [-0.3, -0.25) is 24.8 Å². The average Bonchev–Trinajstić information content (AvgIpc) is 3.60. The van der Waals surface area contributed by atoms with E-state index < -0.39 is 0 Å². The summed E-state index contributed by atoms with van der Waals surface area (Å²) >= 11 is 1.44. The van der Waals surface area contributed by atoms with E-state index in [0.717, 1.165) is 55.7 Å². The topological polar surface area (TPSA) is 116 Å². The number of carbonyl (C=O) groups excluding carboxylic acids is 1. The Balaban J connectivity index is 1.43. The molecule has 6 rings (SSSR count). The number of carbonyl (C=O) groups is 1. The van der Waals surface area contributed by atoms with Gasteiger partial charge >= 0.3 is 0 Å². The summed E-state index contributed by atoms with van der Waals surface area (Å²) in [7, 11) is 4.06. The number of thiophene rings is 1. The second-order valence-corrected chi connectivity index (χ2v) is 9.98. The van der Waals surface area contributed by atoms with E-state index in [1.807, 2.05) is 44.7 Å². The smallest absolute Gasteiger partial charge is 0.169 e. The van der Waals surface area contributed by atoms with Crippen molar-refractivity contribution in [3.8, 4) is 33.2 Å². The number of hydrogen-bond acceptors (Lipinski definition) is 8. The highest BCUT2D eigenvalue weighted by molar-refractivity contribution is 7.17. The molecule has 178 valence electrons. The third-order valence-corrected chi connectivity index (χ3v) is 7.09. The van der Waals surface area contributed by atoms with Crippen molar-refractivity contribution in [2.24, 2.45) is 0 Å². The van der Waals surface area contributed by atoms with Gasteiger partial charge < -0.3 is 9.88 Å². The molecule has 0 radical (unpaired) electrons. The van der Waals surface area contributed by atoms with Gasteiger partial charge in [-0.25, -0.2) is 4.98 Å². The van der Waals surface area contributed by atoms with Crippen LogP contribution in [0.25, 0.3) is 55.2 Å². The molecule has 0 aliphatic heterocycles. The van der Waals surface area contributed by atoms with Crippen molar-refractivity contribution in [3.63, 3.8) is 0 Å². The van der Waals surface area contributed by atoms with Crippen LogP contribution in [-0.4, -0.2) is 59.9 Å². The SMILES string of the molecule is CC(=O)c1ccc(-c2cncc3[nH]c(-c4n[nH]c5cnc(-c6cncc(CN(C)C)c6)cc45)nc23)s1. The molecule has 2 N–H and O–H groups in total. The van der Waals surface area contributed by atoms with Gasteiger partial charge in [-0.2, -0.15) is 5.10 Å². The van der Waals surface area contributed by atoms with Gasteiger partial charge in [-0.15, -0.1) is 11.3 Å². The molecule has 0 amide bonds. The monoisotopic (exact) mass is 494 g/mol. The van der Waals surface area contributed by atoms with E-state index in [-0.39, 0.29) is 5.78 Å². The molecule has 0 atom stereocenters. The van der Waals surface area contributed by atoms with Crippen LogP contribution in [0.4, 0.5) is 0 Å². The fourth-order valence-electron chi connectivity index (χ4n) is 4.23. The molecule has 0 saturated carbocycles. The summed E-state index contributed by atoms with van der Waals surface area (Å²) < 4.78 is 0. The standard InChI is InChI=1S/C26H22N8OS/c1-14(35)22-4-5-23(36-22)18-10-28-11-21-24(18)31-26(30-21)25-17-7-19(29-12-20(17)32-33-25)16-6-15(8-27-9-16)13-34(2)3/h4-12H,13H2,1-3H3,(H,30,31)(H,32,33). The molecular formula is C26H22N8OS. The lowest BCUT2D eigenvalue weighted by atomic mass is 10.1. The van der Waals surface area contributed by atoms with Gasteiger partial charge in [0.25, 0.3) is 0 Å². The molecule has 0 aliphatic carbocycles. The van der Waals surface area contributed by atoms with E-state index in [4.69, 9.17) is 4.98 Å². The lowest BCUT2D eigenvalue weighted by Gasteiger charge is -2.10. The number of H-pyrrole nitrogens is 2. The van der Waals surface area contributed by atoms with Crippen LogP contribution >= 0.6 is 11.3 Å². The first kappa shape index (κ1) is 22.2. The molecule has 0 bridgehead atoms. The fourth-order valence-corrected chi connectivity index (χ4v) is 5.14. The highest BCUT2D eigenvalue weighted by atomic mass is 32.1. The van der Waals surface area contributed by atoms with E-state index in [2.05, 4.69) is 41.1 Å². The maximum Gasteiger partial charge on any atom is 0.169 e. The zero-order valence-electron chi connectivity index (χ0n) is 19.9. The largest absolute Gasteiger partial charge is 0.335 e.